The molecule has 194 valence electrons. The van der Waals surface area contributed by atoms with Crippen molar-refractivity contribution in [3.8, 4) is 5.75 Å². The zero-order valence-electron chi connectivity index (χ0n) is 21.1. The molecule has 10 nitrogen and oxygen atoms in total. The number of nitro benzene ring substituents is 1. The fraction of sp³-hybridized carbons (Fsp3) is 0.680. The number of nitrogens with one attached hydrogen (secondary N) is 1. The van der Waals surface area contributed by atoms with Gasteiger partial charge in [0.2, 0.25) is 5.91 Å². The monoisotopic (exact) mass is 491 g/mol. The summed E-state index contributed by atoms with van der Waals surface area (Å²) >= 11 is 0. The fourth-order valence-corrected chi connectivity index (χ4v) is 4.58. The van der Waals surface area contributed by atoms with E-state index in [1.54, 1.807) is 12.1 Å². The smallest absolute Gasteiger partial charge is 0.407 e. The van der Waals surface area contributed by atoms with Crippen LogP contribution in [0.3, 0.4) is 0 Å². The van der Waals surface area contributed by atoms with E-state index in [1.165, 1.54) is 6.07 Å². The number of aryl methyl sites for hydroxylation is 1. The van der Waals surface area contributed by atoms with Crippen LogP contribution in [0.15, 0.2) is 18.2 Å². The second kappa shape index (κ2) is 11.7. The van der Waals surface area contributed by atoms with Gasteiger partial charge in [0.1, 0.15) is 5.60 Å². The Hall–Kier alpha value is -2.88. The third kappa shape index (κ3) is 8.09. The summed E-state index contributed by atoms with van der Waals surface area (Å²) in [6.07, 6.45) is 2.97. The number of likely N-dealkylation sites (tertiary alicyclic amines) is 1. The first-order valence-electron chi connectivity index (χ1n) is 12.3. The van der Waals surface area contributed by atoms with E-state index in [-0.39, 0.29) is 42.5 Å². The number of carbonyl (C=O) groups is 2. The van der Waals surface area contributed by atoms with Crippen LogP contribution in [0.2, 0.25) is 0 Å². The number of hydrogen-bond donors (Lipinski definition) is 1. The molecule has 0 aromatic heterocycles. The van der Waals surface area contributed by atoms with Gasteiger partial charge in [0.15, 0.2) is 5.75 Å². The number of rotatable bonds is 7. The predicted octanol–water partition coefficient (Wildman–Crippen LogP) is 3.98. The number of nitrogens with zero attached hydrogens (tertiary/aromatic N) is 2. The van der Waals surface area contributed by atoms with Crippen LogP contribution in [0.5, 0.6) is 5.75 Å². The molecule has 1 N–H and O–H groups in total. The minimum Gasteiger partial charge on any atom is -0.486 e. The average Bonchev–Trinajstić information content (AvgIpc) is 2.78. The van der Waals surface area contributed by atoms with Gasteiger partial charge in [0, 0.05) is 31.8 Å². The van der Waals surface area contributed by atoms with E-state index >= 15 is 0 Å². The zero-order chi connectivity index (χ0) is 25.6. The van der Waals surface area contributed by atoms with E-state index in [0.717, 1.165) is 31.2 Å². The standard InChI is InChI=1S/C25H37N3O7/c1-17-5-6-20(28(31)32)22(15-17)34-14-10-23(29)27-11-7-18(8-12-27)21-16-19(9-13-33-21)26-24(30)35-25(2,3)4/h5-6,15,18-19,21H,7-14,16H2,1-4H3,(H,26,30). The molecule has 2 aliphatic rings. The van der Waals surface area contributed by atoms with Gasteiger partial charge in [-0.3, -0.25) is 14.9 Å². The van der Waals surface area contributed by atoms with Crippen LogP contribution in [-0.4, -0.2) is 65.9 Å². The Balaban J connectivity index is 1.41. The van der Waals surface area contributed by atoms with E-state index in [9.17, 15) is 19.7 Å². The van der Waals surface area contributed by atoms with Gasteiger partial charge in [-0.25, -0.2) is 4.79 Å². The summed E-state index contributed by atoms with van der Waals surface area (Å²) in [5.74, 6) is 0.492. The van der Waals surface area contributed by atoms with Crippen molar-refractivity contribution in [1.82, 2.24) is 10.2 Å². The number of carbonyl (C=O) groups excluding carboxylic acids is 2. The summed E-state index contributed by atoms with van der Waals surface area (Å²) in [5.41, 5.74) is 0.219. The van der Waals surface area contributed by atoms with Gasteiger partial charge >= 0.3 is 11.8 Å². The molecule has 0 radical (unpaired) electrons. The molecule has 10 heteroatoms. The number of benzene rings is 1. The van der Waals surface area contributed by atoms with Crippen LogP contribution >= 0.6 is 0 Å². The van der Waals surface area contributed by atoms with Crippen LogP contribution in [0.4, 0.5) is 10.5 Å². The topological polar surface area (TPSA) is 120 Å². The number of amides is 2. The number of piperidine rings is 1. The molecular weight excluding hydrogens is 454 g/mol. The lowest BCUT2D eigenvalue weighted by Gasteiger charge is -2.39. The molecule has 35 heavy (non-hydrogen) atoms. The van der Waals surface area contributed by atoms with Crippen LogP contribution < -0.4 is 10.1 Å². The van der Waals surface area contributed by atoms with Crippen molar-refractivity contribution in [2.75, 3.05) is 26.3 Å². The Morgan fingerprint density at radius 2 is 1.94 bits per heavy atom. The molecule has 2 atom stereocenters. The van der Waals surface area contributed by atoms with Gasteiger partial charge in [0.05, 0.1) is 24.1 Å². The first-order chi connectivity index (χ1) is 16.5. The number of ether oxygens (including phenoxy) is 3. The van der Waals surface area contributed by atoms with Crippen molar-refractivity contribution in [3.63, 3.8) is 0 Å². The van der Waals surface area contributed by atoms with Crippen LogP contribution in [0, 0.1) is 23.0 Å². The number of alkyl carbamates (subject to hydrolysis) is 1. The maximum atomic E-state index is 12.7. The molecule has 2 saturated heterocycles. The minimum atomic E-state index is -0.534. The van der Waals surface area contributed by atoms with E-state index in [4.69, 9.17) is 14.2 Å². The van der Waals surface area contributed by atoms with Gasteiger partial charge in [-0.05, 0) is 70.9 Å². The zero-order valence-corrected chi connectivity index (χ0v) is 21.1. The first kappa shape index (κ1) is 26.7. The molecule has 0 saturated carbocycles. The molecule has 2 heterocycles. The third-order valence-electron chi connectivity index (χ3n) is 6.34. The Bertz CT molecular complexity index is 907. The average molecular weight is 492 g/mol. The molecule has 1 aromatic rings. The lowest BCUT2D eigenvalue weighted by molar-refractivity contribution is -0.385. The molecule has 2 unspecified atom stereocenters. The highest BCUT2D eigenvalue weighted by Crippen LogP contribution is 2.30. The normalized spacial score (nSPS) is 21.3. The van der Waals surface area contributed by atoms with Gasteiger partial charge in [-0.2, -0.15) is 0 Å². The Labute approximate surface area is 206 Å². The molecule has 2 aliphatic heterocycles. The van der Waals surface area contributed by atoms with Gasteiger partial charge in [-0.1, -0.05) is 6.07 Å². The van der Waals surface area contributed by atoms with Crippen LogP contribution in [0.25, 0.3) is 0 Å². The lowest BCUT2D eigenvalue weighted by atomic mass is 9.86. The molecule has 1 aromatic carbocycles. The Morgan fingerprint density at radius 3 is 2.60 bits per heavy atom. The largest absolute Gasteiger partial charge is 0.486 e. The molecule has 0 bridgehead atoms. The first-order valence-corrected chi connectivity index (χ1v) is 12.3. The van der Waals surface area contributed by atoms with Crippen molar-refractivity contribution in [1.29, 1.82) is 0 Å². The fourth-order valence-electron chi connectivity index (χ4n) is 4.58. The van der Waals surface area contributed by atoms with Crippen molar-refractivity contribution < 1.29 is 28.7 Å². The highest BCUT2D eigenvalue weighted by atomic mass is 16.6. The SMILES string of the molecule is Cc1ccc([N+](=O)[O-])c(OCCC(=O)N2CCC(C3CC(NC(=O)OC(C)(C)C)CCO3)CC2)c1. The molecular formula is C25H37N3O7. The molecule has 0 aliphatic carbocycles. The highest BCUT2D eigenvalue weighted by Gasteiger charge is 2.34. The molecule has 0 spiro atoms. The maximum absolute atomic E-state index is 12.7. The molecule has 3 rings (SSSR count). The van der Waals surface area contributed by atoms with Gasteiger partial charge < -0.3 is 24.4 Å². The summed E-state index contributed by atoms with van der Waals surface area (Å²) in [7, 11) is 0. The third-order valence-corrected chi connectivity index (χ3v) is 6.34. The van der Waals surface area contributed by atoms with Crippen molar-refractivity contribution in [2.45, 2.75) is 77.5 Å². The summed E-state index contributed by atoms with van der Waals surface area (Å²) in [5, 5.41) is 14.1. The van der Waals surface area contributed by atoms with E-state index in [0.29, 0.717) is 25.6 Å². The predicted molar refractivity (Wildman–Crippen MR) is 129 cm³/mol. The van der Waals surface area contributed by atoms with Gasteiger partial charge in [0.25, 0.3) is 0 Å². The van der Waals surface area contributed by atoms with Crippen LogP contribution in [-0.2, 0) is 14.3 Å². The summed E-state index contributed by atoms with van der Waals surface area (Å²) < 4.78 is 17.0. The summed E-state index contributed by atoms with van der Waals surface area (Å²) in [4.78, 5) is 37.3. The van der Waals surface area contributed by atoms with Crippen molar-refractivity contribution >= 4 is 17.7 Å². The second-order valence-corrected chi connectivity index (χ2v) is 10.3. The summed E-state index contributed by atoms with van der Waals surface area (Å²) in [6, 6.07) is 4.71. The molecule has 2 amide bonds. The lowest BCUT2D eigenvalue weighted by Crippen LogP contribution is -2.48. The maximum Gasteiger partial charge on any atom is 0.407 e. The van der Waals surface area contributed by atoms with Gasteiger partial charge in [-0.15, -0.1) is 0 Å². The van der Waals surface area contributed by atoms with Crippen LogP contribution in [0.1, 0.15) is 58.4 Å². The number of hydrogen-bond acceptors (Lipinski definition) is 7. The minimum absolute atomic E-state index is 0.0195. The van der Waals surface area contributed by atoms with Crippen molar-refractivity contribution in [3.05, 3.63) is 33.9 Å². The highest BCUT2D eigenvalue weighted by molar-refractivity contribution is 5.76. The van der Waals surface area contributed by atoms with Crippen molar-refractivity contribution in [2.24, 2.45) is 5.92 Å². The number of nitro groups is 1. The summed E-state index contributed by atoms with van der Waals surface area (Å²) in [6.45, 7) is 9.31. The van der Waals surface area contributed by atoms with E-state index in [2.05, 4.69) is 5.32 Å². The second-order valence-electron chi connectivity index (χ2n) is 10.3. The Morgan fingerprint density at radius 1 is 1.23 bits per heavy atom. The van der Waals surface area contributed by atoms with E-state index in [1.807, 2.05) is 32.6 Å². The Kier molecular flexibility index (Phi) is 8.93. The molecule has 2 fully saturated rings. The van der Waals surface area contributed by atoms with E-state index < -0.39 is 16.6 Å². The quantitative estimate of drug-likeness (QED) is 0.452.